The number of carbonyl (C=O) groups excluding carboxylic acids is 3. The number of benzene rings is 1. The summed E-state index contributed by atoms with van der Waals surface area (Å²) in [6, 6.07) is 6.28. The smallest absolute Gasteiger partial charge is 0.407 e. The summed E-state index contributed by atoms with van der Waals surface area (Å²) in [4.78, 5) is 52.5. The van der Waals surface area contributed by atoms with Gasteiger partial charge < -0.3 is 25.7 Å². The van der Waals surface area contributed by atoms with Gasteiger partial charge in [0.15, 0.2) is 0 Å². The molecule has 0 aliphatic carbocycles. The number of amides is 3. The van der Waals surface area contributed by atoms with Crippen molar-refractivity contribution >= 4 is 45.1 Å². The minimum Gasteiger partial charge on any atom is -0.453 e. The number of allylic oxidation sites excluding steroid dienone is 1. The van der Waals surface area contributed by atoms with Crippen LogP contribution in [0.3, 0.4) is 0 Å². The van der Waals surface area contributed by atoms with E-state index in [2.05, 4.69) is 20.4 Å². The van der Waals surface area contributed by atoms with Crippen molar-refractivity contribution in [3.8, 4) is 0 Å². The highest BCUT2D eigenvalue weighted by atomic mass is 32.1. The Morgan fingerprint density at radius 3 is 2.85 bits per heavy atom. The lowest BCUT2D eigenvalue weighted by atomic mass is 10.1. The first-order chi connectivity index (χ1) is 16.3. The van der Waals surface area contributed by atoms with Crippen LogP contribution in [0.25, 0.3) is 10.2 Å². The van der Waals surface area contributed by atoms with Gasteiger partial charge in [-0.15, -0.1) is 11.3 Å². The molecule has 0 bridgehead atoms. The number of halogens is 1. The first-order valence-corrected chi connectivity index (χ1v) is 10.9. The normalized spacial score (nSPS) is 11.9. The average molecular weight is 488 g/mol. The van der Waals surface area contributed by atoms with Crippen LogP contribution >= 0.6 is 11.3 Å². The summed E-state index contributed by atoms with van der Waals surface area (Å²) >= 11 is 1.33. The Morgan fingerprint density at radius 2 is 2.12 bits per heavy atom. The Labute approximate surface area is 197 Å². The Kier molecular flexibility index (Phi) is 8.09. The van der Waals surface area contributed by atoms with E-state index in [1.807, 2.05) is 0 Å². The number of anilines is 1. The van der Waals surface area contributed by atoms with E-state index in [0.717, 1.165) is 17.9 Å². The first-order valence-electron chi connectivity index (χ1n) is 10.1. The molecule has 0 unspecified atom stereocenters. The van der Waals surface area contributed by atoms with Crippen LogP contribution in [0.1, 0.15) is 17.8 Å². The summed E-state index contributed by atoms with van der Waals surface area (Å²) in [6.45, 7) is 0.130. The quantitative estimate of drug-likeness (QED) is 0.394. The topological polar surface area (TPSA) is 145 Å². The van der Waals surface area contributed by atoms with E-state index in [4.69, 9.17) is 5.73 Å². The van der Waals surface area contributed by atoms with Gasteiger partial charge in [-0.3, -0.25) is 14.4 Å². The fourth-order valence-corrected chi connectivity index (χ4v) is 4.02. The number of methoxy groups -OCH3 is 1. The van der Waals surface area contributed by atoms with Crippen LogP contribution in [0.15, 0.2) is 53.5 Å². The van der Waals surface area contributed by atoms with Crippen LogP contribution in [-0.2, 0) is 20.9 Å². The maximum atomic E-state index is 13.4. The van der Waals surface area contributed by atoms with Crippen molar-refractivity contribution < 1.29 is 23.5 Å². The van der Waals surface area contributed by atoms with Crippen molar-refractivity contribution in [1.29, 1.82) is 0 Å². The van der Waals surface area contributed by atoms with E-state index < -0.39 is 35.3 Å². The number of ether oxygens (including phenoxy) is 1. The lowest BCUT2D eigenvalue weighted by molar-refractivity contribution is -0.118. The van der Waals surface area contributed by atoms with Crippen molar-refractivity contribution in [3.05, 3.63) is 69.9 Å². The van der Waals surface area contributed by atoms with E-state index >= 15 is 0 Å². The van der Waals surface area contributed by atoms with Crippen LogP contribution in [-0.4, -0.2) is 40.6 Å². The van der Waals surface area contributed by atoms with Gasteiger partial charge in [-0.2, -0.15) is 0 Å². The molecule has 2 heterocycles. The number of nitrogens with zero attached hydrogens (tertiary/aromatic N) is 2. The molecule has 2 aromatic heterocycles. The molecule has 10 nitrogen and oxygen atoms in total. The summed E-state index contributed by atoms with van der Waals surface area (Å²) in [5, 5.41) is 5.52. The van der Waals surface area contributed by atoms with E-state index in [9.17, 15) is 23.6 Å². The summed E-state index contributed by atoms with van der Waals surface area (Å²) in [5.41, 5.74) is 5.06. The van der Waals surface area contributed by atoms with E-state index in [1.165, 1.54) is 40.2 Å². The van der Waals surface area contributed by atoms with Gasteiger partial charge in [0.1, 0.15) is 22.6 Å². The Bertz CT molecular complexity index is 1300. The number of hydrogen-bond donors (Lipinski definition) is 3. The zero-order valence-corrected chi connectivity index (χ0v) is 18.9. The van der Waals surface area contributed by atoms with E-state index in [-0.39, 0.29) is 25.1 Å². The lowest BCUT2D eigenvalue weighted by Crippen LogP contribution is -2.44. The molecule has 3 rings (SSSR count). The van der Waals surface area contributed by atoms with Crippen LogP contribution < -0.4 is 21.9 Å². The largest absolute Gasteiger partial charge is 0.453 e. The van der Waals surface area contributed by atoms with Crippen LogP contribution in [0.4, 0.5) is 14.9 Å². The van der Waals surface area contributed by atoms with Gasteiger partial charge in [-0.05, 0) is 43.2 Å². The number of rotatable bonds is 9. The van der Waals surface area contributed by atoms with Gasteiger partial charge >= 0.3 is 6.09 Å². The SMILES string of the molecule is COC(=O)N[C@@H](CC/C=C/C(N)=O)C(=O)Nc1cccn(Cc2nc3cc(F)ccc3s2)c1=O. The van der Waals surface area contributed by atoms with Gasteiger partial charge in [0.05, 0.1) is 23.9 Å². The van der Waals surface area contributed by atoms with Crippen molar-refractivity contribution in [2.24, 2.45) is 5.73 Å². The fraction of sp³-hybridized carbons (Fsp3) is 0.227. The Hall–Kier alpha value is -4.06. The molecule has 0 radical (unpaired) electrons. The predicted octanol–water partition coefficient (Wildman–Crippen LogP) is 2.13. The van der Waals surface area contributed by atoms with E-state index in [1.54, 1.807) is 18.3 Å². The highest BCUT2D eigenvalue weighted by molar-refractivity contribution is 7.18. The van der Waals surface area contributed by atoms with Crippen molar-refractivity contribution in [2.45, 2.75) is 25.4 Å². The second kappa shape index (κ2) is 11.2. The lowest BCUT2D eigenvalue weighted by Gasteiger charge is -2.17. The van der Waals surface area contributed by atoms with Gasteiger partial charge in [0, 0.05) is 12.3 Å². The molecule has 4 N–H and O–H groups in total. The third-order valence-corrected chi connectivity index (χ3v) is 5.70. The number of alkyl carbamates (subject to hydrolysis) is 1. The molecule has 0 saturated carbocycles. The summed E-state index contributed by atoms with van der Waals surface area (Å²) < 4.78 is 20.1. The van der Waals surface area contributed by atoms with Crippen LogP contribution in [0.5, 0.6) is 0 Å². The van der Waals surface area contributed by atoms with Crippen LogP contribution in [0, 0.1) is 5.82 Å². The van der Waals surface area contributed by atoms with Crippen molar-refractivity contribution in [2.75, 3.05) is 12.4 Å². The number of carbonyl (C=O) groups is 3. The Morgan fingerprint density at radius 1 is 1.32 bits per heavy atom. The second-order valence-corrected chi connectivity index (χ2v) is 8.25. The minimum atomic E-state index is -1.03. The third kappa shape index (κ3) is 6.48. The molecule has 0 aliphatic rings. The Balaban J connectivity index is 1.75. The molecule has 178 valence electrons. The summed E-state index contributed by atoms with van der Waals surface area (Å²) in [7, 11) is 1.16. The molecule has 0 aliphatic heterocycles. The first kappa shape index (κ1) is 24.6. The van der Waals surface area contributed by atoms with Gasteiger partial charge in [-0.1, -0.05) is 6.08 Å². The molecule has 3 amide bonds. The molecular formula is C22H22FN5O5S. The number of nitrogens with one attached hydrogen (secondary N) is 2. The number of pyridine rings is 1. The molecule has 34 heavy (non-hydrogen) atoms. The molecule has 0 saturated heterocycles. The van der Waals surface area contributed by atoms with E-state index in [0.29, 0.717) is 10.5 Å². The van der Waals surface area contributed by atoms with Crippen molar-refractivity contribution in [3.63, 3.8) is 0 Å². The number of nitrogens with two attached hydrogens (primary N) is 1. The molecule has 0 fully saturated rings. The summed E-state index contributed by atoms with van der Waals surface area (Å²) in [6.07, 6.45) is 3.75. The molecule has 1 atom stereocenters. The summed E-state index contributed by atoms with van der Waals surface area (Å²) in [5.74, 6) is -1.67. The van der Waals surface area contributed by atoms with Gasteiger partial charge in [-0.25, -0.2) is 14.2 Å². The number of thiazole rings is 1. The monoisotopic (exact) mass is 487 g/mol. The average Bonchev–Trinajstić information content (AvgIpc) is 3.19. The predicted molar refractivity (Wildman–Crippen MR) is 125 cm³/mol. The molecule has 1 aromatic carbocycles. The zero-order valence-electron chi connectivity index (χ0n) is 18.1. The maximum Gasteiger partial charge on any atom is 0.407 e. The number of primary amides is 1. The molecule has 3 aromatic rings. The highest BCUT2D eigenvalue weighted by Gasteiger charge is 2.22. The molecule has 0 spiro atoms. The fourth-order valence-electron chi connectivity index (χ4n) is 3.07. The third-order valence-electron chi connectivity index (χ3n) is 4.68. The van der Waals surface area contributed by atoms with Crippen molar-refractivity contribution in [1.82, 2.24) is 14.9 Å². The van der Waals surface area contributed by atoms with Gasteiger partial charge in [0.25, 0.3) is 5.56 Å². The second-order valence-electron chi connectivity index (χ2n) is 7.13. The minimum absolute atomic E-state index is 0.00370. The number of fused-ring (bicyclic) bond motifs is 1. The maximum absolute atomic E-state index is 13.4. The van der Waals surface area contributed by atoms with Crippen LogP contribution in [0.2, 0.25) is 0 Å². The number of hydrogen-bond acceptors (Lipinski definition) is 7. The molecular weight excluding hydrogens is 465 g/mol. The van der Waals surface area contributed by atoms with Gasteiger partial charge in [0.2, 0.25) is 11.8 Å². The number of aromatic nitrogens is 2. The highest BCUT2D eigenvalue weighted by Crippen LogP contribution is 2.23. The standard InChI is InChI=1S/C22H22FN5O5S/c1-33-22(32)27-14(5-2-3-7-18(24)29)20(30)26-15-6-4-10-28(21(15)31)12-19-25-16-11-13(23)8-9-17(16)34-19/h3-4,6-11,14H,2,5,12H2,1H3,(H2,24,29)(H,26,30)(H,27,32)/b7-3+/t14-/m0/s1. The zero-order chi connectivity index (χ0) is 24.7. The molecule has 12 heteroatoms.